The summed E-state index contributed by atoms with van der Waals surface area (Å²) in [6.07, 6.45) is 0. The number of nitrogens with one attached hydrogen (secondary N) is 2. The molecule has 1 amide bonds. The van der Waals surface area contributed by atoms with E-state index >= 15 is 0 Å². The van der Waals surface area contributed by atoms with Gasteiger partial charge in [0.05, 0.1) is 12.2 Å². The molecule has 0 unspecified atom stereocenters. The fourth-order valence-electron chi connectivity index (χ4n) is 2.20. The smallest absolute Gasteiger partial charge is 0.239 e. The molecule has 2 N–H and O–H groups in total. The number of ether oxygens (including phenoxy) is 2. The second-order valence-corrected chi connectivity index (χ2v) is 6.66. The van der Waals surface area contributed by atoms with E-state index in [9.17, 15) is 4.79 Å². The highest BCUT2D eigenvalue weighted by molar-refractivity contribution is 5.81. The standard InChI is InChI=1S/C20H26N2O3/c1-20(2,3)22-19(23)15-21-17-11-7-8-12-18(17)25-14-13-24-16-9-5-4-6-10-16/h4-12,21H,13-15H2,1-3H3,(H,22,23). The average molecular weight is 342 g/mol. The Morgan fingerprint density at radius 2 is 1.56 bits per heavy atom. The SMILES string of the molecule is CC(C)(C)NC(=O)CNc1ccccc1OCCOc1ccccc1. The van der Waals surface area contributed by atoms with Gasteiger partial charge in [0.2, 0.25) is 5.91 Å². The van der Waals surface area contributed by atoms with Gasteiger partial charge in [-0.2, -0.15) is 0 Å². The average Bonchev–Trinajstić information content (AvgIpc) is 2.57. The van der Waals surface area contributed by atoms with Crippen LogP contribution in [0, 0.1) is 0 Å². The van der Waals surface area contributed by atoms with Crippen molar-refractivity contribution in [2.45, 2.75) is 26.3 Å². The number of hydrogen-bond donors (Lipinski definition) is 2. The third-order valence-electron chi connectivity index (χ3n) is 3.19. The van der Waals surface area contributed by atoms with Crippen LogP contribution in [0.15, 0.2) is 54.6 Å². The first-order valence-corrected chi connectivity index (χ1v) is 8.38. The third-order valence-corrected chi connectivity index (χ3v) is 3.19. The molecular formula is C20H26N2O3. The molecule has 0 atom stereocenters. The molecule has 2 aromatic rings. The molecule has 2 aromatic carbocycles. The second kappa shape index (κ2) is 8.97. The molecule has 0 aromatic heterocycles. The van der Waals surface area contributed by atoms with Gasteiger partial charge in [0, 0.05) is 5.54 Å². The largest absolute Gasteiger partial charge is 0.490 e. The lowest BCUT2D eigenvalue weighted by Crippen LogP contribution is -2.43. The summed E-state index contributed by atoms with van der Waals surface area (Å²) in [7, 11) is 0. The van der Waals surface area contributed by atoms with Crippen LogP contribution in [0.2, 0.25) is 0 Å². The first kappa shape index (κ1) is 18.6. The second-order valence-electron chi connectivity index (χ2n) is 6.66. The highest BCUT2D eigenvalue weighted by Crippen LogP contribution is 2.23. The Hall–Kier alpha value is -2.69. The molecule has 25 heavy (non-hydrogen) atoms. The lowest BCUT2D eigenvalue weighted by Gasteiger charge is -2.21. The third kappa shape index (κ3) is 7.16. The first-order chi connectivity index (χ1) is 11.9. The molecule has 5 heteroatoms. The van der Waals surface area contributed by atoms with Gasteiger partial charge < -0.3 is 20.1 Å². The number of carbonyl (C=O) groups excluding carboxylic acids is 1. The van der Waals surface area contributed by atoms with Crippen LogP contribution in [0.25, 0.3) is 0 Å². The molecule has 0 aliphatic heterocycles. The van der Waals surface area contributed by atoms with Gasteiger partial charge in [-0.25, -0.2) is 0 Å². The minimum Gasteiger partial charge on any atom is -0.490 e. The summed E-state index contributed by atoms with van der Waals surface area (Å²) >= 11 is 0. The predicted molar refractivity (Wildman–Crippen MR) is 100 cm³/mol. The topological polar surface area (TPSA) is 59.6 Å². The van der Waals surface area contributed by atoms with E-state index in [2.05, 4.69) is 10.6 Å². The Morgan fingerprint density at radius 1 is 0.920 bits per heavy atom. The monoisotopic (exact) mass is 342 g/mol. The Kier molecular flexibility index (Phi) is 6.69. The minimum absolute atomic E-state index is 0.0605. The zero-order chi connectivity index (χ0) is 18.1. The zero-order valence-corrected chi connectivity index (χ0v) is 15.0. The molecule has 0 heterocycles. The van der Waals surface area contributed by atoms with Crippen molar-refractivity contribution < 1.29 is 14.3 Å². The van der Waals surface area contributed by atoms with Gasteiger partial charge in [-0.3, -0.25) is 4.79 Å². The number of carbonyl (C=O) groups is 1. The summed E-state index contributed by atoms with van der Waals surface area (Å²) in [5.74, 6) is 1.45. The number of benzene rings is 2. The van der Waals surface area contributed by atoms with Gasteiger partial charge in [-0.05, 0) is 45.0 Å². The van der Waals surface area contributed by atoms with E-state index in [0.717, 1.165) is 11.4 Å². The van der Waals surface area contributed by atoms with Crippen LogP contribution in [0.5, 0.6) is 11.5 Å². The predicted octanol–water partition coefficient (Wildman–Crippen LogP) is 3.47. The number of anilines is 1. The van der Waals surface area contributed by atoms with Crippen molar-refractivity contribution in [3.8, 4) is 11.5 Å². The molecule has 0 aliphatic carbocycles. The molecule has 0 spiro atoms. The van der Waals surface area contributed by atoms with Gasteiger partial charge in [0.1, 0.15) is 24.7 Å². The summed E-state index contributed by atoms with van der Waals surface area (Å²) in [5.41, 5.74) is 0.537. The van der Waals surface area contributed by atoms with Crippen LogP contribution in [0.1, 0.15) is 20.8 Å². The molecule has 0 fully saturated rings. The molecule has 0 saturated heterocycles. The number of hydrogen-bond acceptors (Lipinski definition) is 4. The highest BCUT2D eigenvalue weighted by atomic mass is 16.5. The first-order valence-electron chi connectivity index (χ1n) is 8.38. The van der Waals surface area contributed by atoms with E-state index in [1.54, 1.807) is 0 Å². The van der Waals surface area contributed by atoms with Crippen molar-refractivity contribution in [1.82, 2.24) is 5.32 Å². The highest BCUT2D eigenvalue weighted by Gasteiger charge is 2.13. The van der Waals surface area contributed by atoms with E-state index in [-0.39, 0.29) is 18.0 Å². The maximum Gasteiger partial charge on any atom is 0.239 e. The maximum absolute atomic E-state index is 11.9. The Bertz CT molecular complexity index is 666. The Morgan fingerprint density at radius 3 is 2.28 bits per heavy atom. The van der Waals surface area contributed by atoms with Crippen LogP contribution in [-0.2, 0) is 4.79 Å². The number of rotatable bonds is 8. The Balaban J connectivity index is 1.80. The summed E-state index contributed by atoms with van der Waals surface area (Å²) in [6, 6.07) is 17.2. The van der Waals surface area contributed by atoms with Gasteiger partial charge in [0.15, 0.2) is 0 Å². The van der Waals surface area contributed by atoms with E-state index in [0.29, 0.717) is 19.0 Å². The fraction of sp³-hybridized carbons (Fsp3) is 0.350. The molecule has 2 rings (SSSR count). The van der Waals surface area contributed by atoms with E-state index in [4.69, 9.17) is 9.47 Å². The lowest BCUT2D eigenvalue weighted by atomic mass is 10.1. The molecule has 0 radical (unpaired) electrons. The maximum atomic E-state index is 11.9. The minimum atomic E-state index is -0.246. The summed E-state index contributed by atoms with van der Waals surface area (Å²) < 4.78 is 11.4. The van der Waals surface area contributed by atoms with E-state index in [1.165, 1.54) is 0 Å². The molecule has 0 saturated carbocycles. The van der Waals surface area contributed by atoms with Crippen LogP contribution >= 0.6 is 0 Å². The molecular weight excluding hydrogens is 316 g/mol. The Labute approximate surface area is 149 Å². The normalized spacial score (nSPS) is 10.8. The lowest BCUT2D eigenvalue weighted by molar-refractivity contribution is -0.120. The van der Waals surface area contributed by atoms with Crippen molar-refractivity contribution in [2.75, 3.05) is 25.1 Å². The van der Waals surface area contributed by atoms with Crippen molar-refractivity contribution in [3.05, 3.63) is 54.6 Å². The van der Waals surface area contributed by atoms with Gasteiger partial charge in [-0.15, -0.1) is 0 Å². The quantitative estimate of drug-likeness (QED) is 0.721. The summed E-state index contributed by atoms with van der Waals surface area (Å²) in [5, 5.41) is 6.03. The van der Waals surface area contributed by atoms with Crippen molar-refractivity contribution in [2.24, 2.45) is 0 Å². The van der Waals surface area contributed by atoms with Crippen molar-refractivity contribution >= 4 is 11.6 Å². The zero-order valence-electron chi connectivity index (χ0n) is 15.0. The number of amides is 1. The summed E-state index contributed by atoms with van der Waals surface area (Å²) in [6.45, 7) is 6.92. The molecule has 0 aliphatic rings. The molecule has 5 nitrogen and oxygen atoms in total. The van der Waals surface area contributed by atoms with E-state index in [1.807, 2.05) is 75.4 Å². The van der Waals surface area contributed by atoms with Crippen LogP contribution in [-0.4, -0.2) is 31.2 Å². The molecule has 0 bridgehead atoms. The van der Waals surface area contributed by atoms with Gasteiger partial charge >= 0.3 is 0 Å². The van der Waals surface area contributed by atoms with Gasteiger partial charge in [-0.1, -0.05) is 30.3 Å². The van der Waals surface area contributed by atoms with E-state index < -0.39 is 0 Å². The summed E-state index contributed by atoms with van der Waals surface area (Å²) in [4.78, 5) is 11.9. The van der Waals surface area contributed by atoms with Crippen LogP contribution < -0.4 is 20.1 Å². The van der Waals surface area contributed by atoms with Gasteiger partial charge in [0.25, 0.3) is 0 Å². The van der Waals surface area contributed by atoms with Crippen LogP contribution in [0.3, 0.4) is 0 Å². The van der Waals surface area contributed by atoms with Crippen molar-refractivity contribution in [1.29, 1.82) is 0 Å². The van der Waals surface area contributed by atoms with Crippen LogP contribution in [0.4, 0.5) is 5.69 Å². The fourth-order valence-corrected chi connectivity index (χ4v) is 2.20. The molecule has 134 valence electrons. The number of para-hydroxylation sites is 3. The van der Waals surface area contributed by atoms with Crippen molar-refractivity contribution in [3.63, 3.8) is 0 Å².